The fourth-order valence-corrected chi connectivity index (χ4v) is 10.9. The zero-order valence-electron chi connectivity index (χ0n) is 38.7. The molecular weight excluding hydrogens is 949 g/mol. The Morgan fingerprint density at radius 1 is 0.537 bits per heavy atom. The average molecular weight is 1020 g/mol. The van der Waals surface area contributed by atoms with Crippen LogP contribution in [0.2, 0.25) is 0 Å². The number of nitrogens with zero attached hydrogens (tertiary/aromatic N) is 6. The zero-order valence-corrected chi connectivity index (χ0v) is 41.9. The van der Waals surface area contributed by atoms with Crippen LogP contribution >= 0.6 is 39.5 Å². The predicted molar refractivity (Wildman–Crippen MR) is 273 cm³/mol. The van der Waals surface area contributed by atoms with Crippen LogP contribution in [0.25, 0.3) is 0 Å². The van der Waals surface area contributed by atoms with Gasteiger partial charge >= 0.3 is 0 Å². The molecule has 0 aliphatic carbocycles. The molecule has 15 heteroatoms. The highest BCUT2D eigenvalue weighted by Crippen LogP contribution is 2.42. The van der Waals surface area contributed by atoms with E-state index in [4.69, 9.17) is 38.8 Å². The van der Waals surface area contributed by atoms with Crippen molar-refractivity contribution in [3.05, 3.63) is 108 Å². The lowest BCUT2D eigenvalue weighted by molar-refractivity contribution is -0.169. The van der Waals surface area contributed by atoms with E-state index >= 15 is 0 Å². The maximum Gasteiger partial charge on any atom is 0.157 e. The lowest BCUT2D eigenvalue weighted by atomic mass is 10.1. The Balaban J connectivity index is 0.000000156. The van der Waals surface area contributed by atoms with Crippen molar-refractivity contribution in [1.29, 1.82) is 0 Å². The molecule has 4 saturated heterocycles. The van der Waals surface area contributed by atoms with E-state index < -0.39 is 0 Å². The molecule has 4 fully saturated rings. The van der Waals surface area contributed by atoms with Crippen LogP contribution in [0.15, 0.2) is 127 Å². The van der Waals surface area contributed by atoms with Crippen molar-refractivity contribution >= 4 is 62.5 Å². The van der Waals surface area contributed by atoms with Gasteiger partial charge in [0.25, 0.3) is 0 Å². The van der Waals surface area contributed by atoms with Gasteiger partial charge in [-0.25, -0.2) is 9.98 Å². The number of aliphatic hydroxyl groups excluding tert-OH is 1. The number of alkyl halides is 1. The summed E-state index contributed by atoms with van der Waals surface area (Å²) in [6.07, 6.45) is 6.89. The Bertz CT molecular complexity index is 2180. The molecule has 0 spiro atoms. The van der Waals surface area contributed by atoms with Crippen molar-refractivity contribution in [2.75, 3.05) is 117 Å². The van der Waals surface area contributed by atoms with Crippen molar-refractivity contribution in [3.63, 3.8) is 0 Å². The molecule has 360 valence electrons. The first-order valence-corrected chi connectivity index (χ1v) is 27.0. The molecule has 0 aromatic heterocycles. The summed E-state index contributed by atoms with van der Waals surface area (Å²) in [5.74, 6) is 2.17. The number of aliphatic imine (C=N–C) groups is 2. The monoisotopic (exact) mass is 1010 g/mol. The number of para-hydroxylation sites is 2. The van der Waals surface area contributed by atoms with Gasteiger partial charge in [-0.15, -0.1) is 0 Å². The number of ether oxygens (including phenoxy) is 5. The van der Waals surface area contributed by atoms with E-state index in [-0.39, 0.29) is 19.2 Å². The third-order valence-corrected chi connectivity index (χ3v) is 15.0. The topological polar surface area (TPSA) is 104 Å². The molecule has 67 heavy (non-hydrogen) atoms. The molecule has 4 aromatic rings. The molecule has 4 aromatic carbocycles. The van der Waals surface area contributed by atoms with Gasteiger partial charge in [-0.2, -0.15) is 0 Å². The minimum absolute atomic E-state index is 0.0298. The summed E-state index contributed by atoms with van der Waals surface area (Å²) in [6.45, 7) is 14.2. The highest BCUT2D eigenvalue weighted by Gasteiger charge is 2.27. The van der Waals surface area contributed by atoms with Crippen molar-refractivity contribution in [2.24, 2.45) is 9.98 Å². The van der Waals surface area contributed by atoms with Crippen LogP contribution in [0.5, 0.6) is 0 Å². The Labute approximate surface area is 414 Å². The molecule has 6 aliphatic heterocycles. The van der Waals surface area contributed by atoms with Crippen molar-refractivity contribution in [2.45, 2.75) is 70.7 Å². The Kier molecular flexibility index (Phi) is 20.3. The number of hydrogen-bond donors (Lipinski definition) is 1. The van der Waals surface area contributed by atoms with Crippen LogP contribution in [0.1, 0.15) is 49.7 Å². The average Bonchev–Trinajstić information content (AvgIpc) is 3.67. The van der Waals surface area contributed by atoms with E-state index in [1.54, 1.807) is 11.8 Å². The number of rotatable bonds is 12. The van der Waals surface area contributed by atoms with Gasteiger partial charge in [0.1, 0.15) is 11.7 Å². The summed E-state index contributed by atoms with van der Waals surface area (Å²) in [7, 11) is 0. The summed E-state index contributed by atoms with van der Waals surface area (Å²) >= 11 is 6.90. The van der Waals surface area contributed by atoms with E-state index in [2.05, 4.69) is 133 Å². The maximum absolute atomic E-state index is 9.13. The molecule has 10 rings (SSSR count). The normalized spacial score (nSPS) is 20.7. The minimum Gasteiger partial charge on any atom is -0.395 e. The molecule has 0 radical (unpaired) electrons. The van der Waals surface area contributed by atoms with E-state index in [1.807, 2.05) is 11.8 Å². The molecule has 0 bridgehead atoms. The van der Waals surface area contributed by atoms with Crippen molar-refractivity contribution in [1.82, 2.24) is 19.6 Å². The van der Waals surface area contributed by atoms with Crippen LogP contribution in [0.3, 0.4) is 0 Å². The number of fused-ring (bicyclic) bond motifs is 4. The highest BCUT2D eigenvalue weighted by atomic mass is 79.9. The Hall–Kier alpha value is -3.32. The first-order chi connectivity index (χ1) is 33.1. The van der Waals surface area contributed by atoms with Crippen molar-refractivity contribution < 1.29 is 28.8 Å². The molecule has 6 heterocycles. The summed E-state index contributed by atoms with van der Waals surface area (Å²) in [4.78, 5) is 24.7. The van der Waals surface area contributed by atoms with Gasteiger partial charge in [-0.1, -0.05) is 100 Å². The van der Waals surface area contributed by atoms with Crippen LogP contribution < -0.4 is 0 Å². The molecular formula is C52H67BrN6O6S2. The number of benzene rings is 4. The third-order valence-electron chi connectivity index (χ3n) is 12.4. The first-order valence-electron chi connectivity index (χ1n) is 24.2. The lowest BCUT2D eigenvalue weighted by Gasteiger charge is -2.36. The second-order valence-electron chi connectivity index (χ2n) is 17.0. The van der Waals surface area contributed by atoms with Gasteiger partial charge in [0.05, 0.1) is 44.4 Å². The maximum atomic E-state index is 9.13. The molecule has 6 aliphatic rings. The van der Waals surface area contributed by atoms with Gasteiger partial charge in [0.15, 0.2) is 12.6 Å². The van der Waals surface area contributed by atoms with Gasteiger partial charge in [0, 0.05) is 115 Å². The van der Waals surface area contributed by atoms with E-state index in [0.29, 0.717) is 13.2 Å². The fraction of sp³-hybridized carbons (Fsp3) is 0.500. The summed E-state index contributed by atoms with van der Waals surface area (Å²) in [6, 6.07) is 34.0. The van der Waals surface area contributed by atoms with E-state index in [9.17, 15) is 0 Å². The van der Waals surface area contributed by atoms with Gasteiger partial charge < -0.3 is 38.6 Å². The quantitative estimate of drug-likeness (QED) is 0.108. The zero-order chi connectivity index (χ0) is 45.9. The Morgan fingerprint density at radius 3 is 1.48 bits per heavy atom. The van der Waals surface area contributed by atoms with Gasteiger partial charge in [0.2, 0.25) is 0 Å². The summed E-state index contributed by atoms with van der Waals surface area (Å²) in [5, 5.41) is 10.0. The van der Waals surface area contributed by atoms with Crippen LogP contribution in [0, 0.1) is 0 Å². The molecule has 0 saturated carbocycles. The number of hydrogen-bond acceptors (Lipinski definition) is 14. The Morgan fingerprint density at radius 2 is 1.00 bits per heavy atom. The van der Waals surface area contributed by atoms with Crippen LogP contribution in [-0.2, 0) is 23.7 Å². The van der Waals surface area contributed by atoms with Gasteiger partial charge in [-0.05, 0) is 74.9 Å². The molecule has 2 atom stereocenters. The van der Waals surface area contributed by atoms with E-state index in [1.165, 1.54) is 50.0 Å². The number of amidine groups is 2. The molecule has 2 unspecified atom stereocenters. The fourth-order valence-electron chi connectivity index (χ4n) is 8.72. The summed E-state index contributed by atoms with van der Waals surface area (Å²) < 4.78 is 27.8. The highest BCUT2D eigenvalue weighted by molar-refractivity contribution is 9.09. The van der Waals surface area contributed by atoms with Crippen molar-refractivity contribution in [3.8, 4) is 0 Å². The third kappa shape index (κ3) is 14.8. The number of halogens is 1. The minimum atomic E-state index is -0.0298. The SMILES string of the molecule is BrCCOC1CCCCO1.OCCN1CCN(C2=Nc3ccccc3Sc3ccccc32)CC1.c1ccc2c(c1)N=C(N1CCN(CCOCCOC3CCCCO3)CC1)c1ccccc1S2. The number of piperazine rings is 2. The first kappa shape index (κ1) is 50.1. The number of aliphatic hydroxyl groups is 1. The second kappa shape index (κ2) is 27.2. The van der Waals surface area contributed by atoms with Crippen LogP contribution in [-0.4, -0.2) is 166 Å². The predicted octanol–water partition coefficient (Wildman–Crippen LogP) is 9.17. The summed E-state index contributed by atoms with van der Waals surface area (Å²) in [5.41, 5.74) is 4.56. The second-order valence-corrected chi connectivity index (χ2v) is 20.0. The lowest BCUT2D eigenvalue weighted by Crippen LogP contribution is -2.49. The van der Waals surface area contributed by atoms with E-state index in [0.717, 1.165) is 140 Å². The standard InChI is InChI=1S/C26H33N3O3S.C19H21N3OS.C7H13BrO2/c1-3-9-23-21(7-1)26(27-22-8-2-4-10-24(22)33-23)29-14-12-28(13-15-29)16-18-30-19-20-32-25-11-5-6-17-31-25;23-14-13-21-9-11-22(12-10-21)19-15-5-1-3-7-17(15)24-18-8-4-2-6-16(18)20-19;8-4-6-10-7-3-1-2-5-9-7/h1-4,7-10,25H,5-6,11-20H2;1-8,23H,9-14H2;7H,1-6H2. The van der Waals surface area contributed by atoms with Crippen LogP contribution in [0.4, 0.5) is 11.4 Å². The molecule has 1 N–H and O–H groups in total. The molecule has 12 nitrogen and oxygen atoms in total. The smallest absolute Gasteiger partial charge is 0.157 e. The van der Waals surface area contributed by atoms with Gasteiger partial charge in [-0.3, -0.25) is 9.80 Å². The molecule has 0 amide bonds. The largest absolute Gasteiger partial charge is 0.395 e. The number of β-amino-alcohol motifs (C(OH)–C–C–N with tert-alkyl or cyclic N) is 1.